The number of aliphatic hydroxyl groups is 1. The SMILES string of the molecule is Cc1cc(NC(CCO)C(C)C)nc(N)n1. The van der Waals surface area contributed by atoms with Crippen LogP contribution in [0.4, 0.5) is 11.8 Å². The standard InChI is InChI=1S/C11H20N4O/c1-7(2)9(4-5-16)14-10-6-8(3)13-11(12)15-10/h6-7,9,16H,4-5H2,1-3H3,(H3,12,13,14,15). The molecule has 1 aromatic rings. The van der Waals surface area contributed by atoms with Gasteiger partial charge in [0.05, 0.1) is 0 Å². The van der Waals surface area contributed by atoms with Gasteiger partial charge < -0.3 is 16.2 Å². The van der Waals surface area contributed by atoms with Gasteiger partial charge >= 0.3 is 0 Å². The molecule has 1 rings (SSSR count). The van der Waals surface area contributed by atoms with Gasteiger partial charge in [0.2, 0.25) is 5.95 Å². The summed E-state index contributed by atoms with van der Waals surface area (Å²) >= 11 is 0. The summed E-state index contributed by atoms with van der Waals surface area (Å²) < 4.78 is 0. The smallest absolute Gasteiger partial charge is 0.222 e. The van der Waals surface area contributed by atoms with Crippen LogP contribution in [-0.2, 0) is 0 Å². The normalized spacial score (nSPS) is 12.8. The van der Waals surface area contributed by atoms with Crippen molar-refractivity contribution in [1.82, 2.24) is 9.97 Å². The molecule has 0 aliphatic heterocycles. The van der Waals surface area contributed by atoms with Crippen molar-refractivity contribution < 1.29 is 5.11 Å². The molecule has 5 nitrogen and oxygen atoms in total. The van der Waals surface area contributed by atoms with Crippen LogP contribution >= 0.6 is 0 Å². The minimum absolute atomic E-state index is 0.162. The molecule has 0 radical (unpaired) electrons. The first kappa shape index (κ1) is 12.7. The number of aromatic nitrogens is 2. The van der Waals surface area contributed by atoms with Gasteiger partial charge in [0.25, 0.3) is 0 Å². The molecule has 1 heterocycles. The van der Waals surface area contributed by atoms with Gasteiger partial charge in [-0.3, -0.25) is 0 Å². The number of hydrogen-bond donors (Lipinski definition) is 3. The third-order valence-corrected chi connectivity index (χ3v) is 2.45. The van der Waals surface area contributed by atoms with Crippen LogP contribution in [0, 0.1) is 12.8 Å². The first-order valence-corrected chi connectivity index (χ1v) is 5.51. The lowest BCUT2D eigenvalue weighted by atomic mass is 10.0. The molecule has 5 heteroatoms. The second-order valence-electron chi connectivity index (χ2n) is 4.26. The van der Waals surface area contributed by atoms with E-state index < -0.39 is 0 Å². The van der Waals surface area contributed by atoms with E-state index >= 15 is 0 Å². The Morgan fingerprint density at radius 1 is 1.44 bits per heavy atom. The maximum atomic E-state index is 8.98. The summed E-state index contributed by atoms with van der Waals surface area (Å²) in [6.07, 6.45) is 0.695. The molecule has 0 aromatic carbocycles. The van der Waals surface area contributed by atoms with E-state index in [1.807, 2.05) is 13.0 Å². The Kier molecular flexibility index (Phi) is 4.49. The molecule has 90 valence electrons. The van der Waals surface area contributed by atoms with E-state index in [1.54, 1.807) is 0 Å². The Balaban J connectivity index is 2.76. The number of nitrogens with two attached hydrogens (primary N) is 1. The molecule has 0 amide bonds. The summed E-state index contributed by atoms with van der Waals surface area (Å²) in [7, 11) is 0. The number of rotatable bonds is 5. The average molecular weight is 224 g/mol. The summed E-state index contributed by atoms with van der Waals surface area (Å²) in [5, 5.41) is 12.2. The highest BCUT2D eigenvalue weighted by molar-refractivity contribution is 5.41. The van der Waals surface area contributed by atoms with Crippen LogP contribution in [0.5, 0.6) is 0 Å². The number of anilines is 2. The highest BCUT2D eigenvalue weighted by Crippen LogP contribution is 2.14. The average Bonchev–Trinajstić information content (AvgIpc) is 2.15. The lowest BCUT2D eigenvalue weighted by molar-refractivity contribution is 0.267. The summed E-state index contributed by atoms with van der Waals surface area (Å²) in [5.74, 6) is 1.41. The topological polar surface area (TPSA) is 84.1 Å². The number of nitrogens with zero attached hydrogens (tertiary/aromatic N) is 2. The first-order chi connectivity index (χ1) is 7.52. The number of aliphatic hydroxyl groups excluding tert-OH is 1. The van der Waals surface area contributed by atoms with Crippen molar-refractivity contribution in [2.24, 2.45) is 5.92 Å². The van der Waals surface area contributed by atoms with Crippen molar-refractivity contribution in [1.29, 1.82) is 0 Å². The van der Waals surface area contributed by atoms with E-state index in [0.29, 0.717) is 12.3 Å². The van der Waals surface area contributed by atoms with E-state index in [4.69, 9.17) is 10.8 Å². The summed E-state index contributed by atoms with van der Waals surface area (Å²) in [5.41, 5.74) is 6.41. The number of nitrogen functional groups attached to an aromatic ring is 1. The van der Waals surface area contributed by atoms with Crippen LogP contribution in [0.2, 0.25) is 0 Å². The molecule has 1 aromatic heterocycles. The van der Waals surface area contributed by atoms with Crippen LogP contribution in [0.15, 0.2) is 6.07 Å². The fourth-order valence-corrected chi connectivity index (χ4v) is 1.57. The zero-order chi connectivity index (χ0) is 12.1. The van der Waals surface area contributed by atoms with E-state index in [9.17, 15) is 0 Å². The maximum absolute atomic E-state index is 8.98. The predicted octanol–water partition coefficient (Wildman–Crippen LogP) is 1.19. The third-order valence-electron chi connectivity index (χ3n) is 2.45. The Morgan fingerprint density at radius 2 is 2.12 bits per heavy atom. The predicted molar refractivity (Wildman–Crippen MR) is 65.1 cm³/mol. The minimum Gasteiger partial charge on any atom is -0.396 e. The van der Waals surface area contributed by atoms with Gasteiger partial charge in [0.1, 0.15) is 5.82 Å². The Hall–Kier alpha value is -1.36. The van der Waals surface area contributed by atoms with Crippen LogP contribution in [0.3, 0.4) is 0 Å². The molecular formula is C11H20N4O. The van der Waals surface area contributed by atoms with Crippen LogP contribution in [0.1, 0.15) is 26.0 Å². The molecule has 0 bridgehead atoms. The van der Waals surface area contributed by atoms with Gasteiger partial charge in [0.15, 0.2) is 0 Å². The number of aryl methyl sites for hydroxylation is 1. The van der Waals surface area contributed by atoms with Gasteiger partial charge in [-0.2, -0.15) is 4.98 Å². The molecule has 4 N–H and O–H groups in total. The maximum Gasteiger partial charge on any atom is 0.222 e. The molecule has 1 atom stereocenters. The van der Waals surface area contributed by atoms with Gasteiger partial charge in [-0.15, -0.1) is 0 Å². The van der Waals surface area contributed by atoms with Gasteiger partial charge in [-0.1, -0.05) is 13.8 Å². The third kappa shape index (κ3) is 3.66. The van der Waals surface area contributed by atoms with Gasteiger partial charge in [0, 0.05) is 24.4 Å². The van der Waals surface area contributed by atoms with Crippen molar-refractivity contribution in [3.05, 3.63) is 11.8 Å². The van der Waals surface area contributed by atoms with Gasteiger partial charge in [-0.05, 0) is 19.3 Å². The number of hydrogen-bond acceptors (Lipinski definition) is 5. The van der Waals surface area contributed by atoms with E-state index in [0.717, 1.165) is 11.5 Å². The lowest BCUT2D eigenvalue weighted by Gasteiger charge is -2.22. The highest BCUT2D eigenvalue weighted by atomic mass is 16.3. The molecule has 0 fully saturated rings. The zero-order valence-corrected chi connectivity index (χ0v) is 10.1. The Bertz CT molecular complexity index is 321. The molecule has 16 heavy (non-hydrogen) atoms. The van der Waals surface area contributed by atoms with Crippen LogP contribution in [0.25, 0.3) is 0 Å². The fraction of sp³-hybridized carbons (Fsp3) is 0.636. The van der Waals surface area contributed by atoms with Crippen molar-refractivity contribution in [2.45, 2.75) is 33.2 Å². The highest BCUT2D eigenvalue weighted by Gasteiger charge is 2.13. The monoisotopic (exact) mass is 224 g/mol. The quantitative estimate of drug-likeness (QED) is 0.699. The molecule has 0 spiro atoms. The zero-order valence-electron chi connectivity index (χ0n) is 10.1. The largest absolute Gasteiger partial charge is 0.396 e. The second kappa shape index (κ2) is 5.65. The molecular weight excluding hydrogens is 204 g/mol. The molecule has 0 saturated carbocycles. The van der Waals surface area contributed by atoms with E-state index in [1.165, 1.54) is 0 Å². The summed E-state index contributed by atoms with van der Waals surface area (Å²) in [6.45, 7) is 6.24. The van der Waals surface area contributed by atoms with E-state index in [2.05, 4.69) is 29.1 Å². The van der Waals surface area contributed by atoms with Crippen molar-refractivity contribution in [2.75, 3.05) is 17.7 Å². The molecule has 1 unspecified atom stereocenters. The van der Waals surface area contributed by atoms with Crippen molar-refractivity contribution in [3.8, 4) is 0 Å². The molecule has 0 aliphatic carbocycles. The second-order valence-corrected chi connectivity index (χ2v) is 4.26. The Morgan fingerprint density at radius 3 is 2.62 bits per heavy atom. The number of nitrogens with one attached hydrogen (secondary N) is 1. The van der Waals surface area contributed by atoms with Crippen LogP contribution in [-0.4, -0.2) is 27.7 Å². The molecule has 0 saturated heterocycles. The van der Waals surface area contributed by atoms with Crippen LogP contribution < -0.4 is 11.1 Å². The van der Waals surface area contributed by atoms with Gasteiger partial charge in [-0.25, -0.2) is 4.98 Å². The lowest BCUT2D eigenvalue weighted by Crippen LogP contribution is -2.27. The molecule has 0 aliphatic rings. The van der Waals surface area contributed by atoms with Crippen molar-refractivity contribution in [3.63, 3.8) is 0 Å². The summed E-state index contributed by atoms with van der Waals surface area (Å²) in [6, 6.07) is 2.04. The van der Waals surface area contributed by atoms with E-state index in [-0.39, 0.29) is 18.6 Å². The first-order valence-electron chi connectivity index (χ1n) is 5.51. The fourth-order valence-electron chi connectivity index (χ4n) is 1.57. The minimum atomic E-state index is 0.162. The Labute approximate surface area is 96.1 Å². The summed E-state index contributed by atoms with van der Waals surface area (Å²) in [4.78, 5) is 8.12. The van der Waals surface area contributed by atoms with Crippen molar-refractivity contribution >= 4 is 11.8 Å².